The van der Waals surface area contributed by atoms with E-state index in [1.54, 1.807) is 0 Å². The first kappa shape index (κ1) is 14.2. The Morgan fingerprint density at radius 3 is 2.52 bits per heavy atom. The van der Waals surface area contributed by atoms with Crippen molar-refractivity contribution in [1.29, 1.82) is 0 Å². The Balaban J connectivity index is 1.95. The van der Waals surface area contributed by atoms with Crippen molar-refractivity contribution < 1.29 is 0 Å². The van der Waals surface area contributed by atoms with Crippen molar-refractivity contribution in [1.82, 2.24) is 9.78 Å². The van der Waals surface area contributed by atoms with Gasteiger partial charge in [-0.3, -0.25) is 4.68 Å². The third kappa shape index (κ3) is 2.69. The molecule has 2 heterocycles. The quantitative estimate of drug-likeness (QED) is 0.837. The van der Waals surface area contributed by atoms with E-state index in [0.717, 1.165) is 0 Å². The van der Waals surface area contributed by atoms with Gasteiger partial charge < -0.3 is 4.90 Å². The van der Waals surface area contributed by atoms with Gasteiger partial charge in [-0.05, 0) is 63.8 Å². The van der Waals surface area contributed by atoms with Crippen LogP contribution in [0.15, 0.2) is 30.6 Å². The second-order valence-corrected chi connectivity index (χ2v) is 6.54. The number of aryl methyl sites for hydroxylation is 1. The average Bonchev–Trinajstić information content (AvgIpc) is 2.96. The third-order valence-corrected chi connectivity index (χ3v) is 4.32. The topological polar surface area (TPSA) is 21.1 Å². The Hall–Kier alpha value is -1.77. The van der Waals surface area contributed by atoms with Crippen LogP contribution in [-0.2, 0) is 6.42 Å². The zero-order valence-corrected chi connectivity index (χ0v) is 13.5. The van der Waals surface area contributed by atoms with Gasteiger partial charge in [0, 0.05) is 36.1 Å². The molecule has 1 aromatic heterocycles. The summed E-state index contributed by atoms with van der Waals surface area (Å²) in [4.78, 5) is 2.51. The largest absolute Gasteiger partial charge is 0.369 e. The molecule has 0 aliphatic carbocycles. The SMILES string of the molecule is CC(C)N1CCCc2cc(-c3cnn(C(C)C)c3)ccc21. The zero-order chi connectivity index (χ0) is 15.0. The Morgan fingerprint density at radius 2 is 1.86 bits per heavy atom. The van der Waals surface area contributed by atoms with Crippen LogP contribution < -0.4 is 4.90 Å². The van der Waals surface area contributed by atoms with Gasteiger partial charge in [0.1, 0.15) is 0 Å². The minimum absolute atomic E-state index is 0.410. The highest BCUT2D eigenvalue weighted by Crippen LogP contribution is 2.32. The van der Waals surface area contributed by atoms with Crippen LogP contribution in [0.2, 0.25) is 0 Å². The van der Waals surface area contributed by atoms with E-state index in [-0.39, 0.29) is 0 Å². The molecule has 0 bridgehead atoms. The van der Waals surface area contributed by atoms with Crippen molar-refractivity contribution in [2.45, 2.75) is 52.6 Å². The molecule has 0 fully saturated rings. The van der Waals surface area contributed by atoms with Crippen LogP contribution in [-0.4, -0.2) is 22.4 Å². The smallest absolute Gasteiger partial charge is 0.0568 e. The molecule has 0 N–H and O–H groups in total. The lowest BCUT2D eigenvalue weighted by Gasteiger charge is -2.35. The van der Waals surface area contributed by atoms with Crippen LogP contribution in [0.1, 0.15) is 45.7 Å². The highest BCUT2D eigenvalue weighted by atomic mass is 15.3. The average molecular weight is 283 g/mol. The summed E-state index contributed by atoms with van der Waals surface area (Å²) in [6, 6.07) is 7.86. The maximum absolute atomic E-state index is 4.45. The first-order valence-electron chi connectivity index (χ1n) is 8.00. The third-order valence-electron chi connectivity index (χ3n) is 4.32. The summed E-state index contributed by atoms with van der Waals surface area (Å²) in [5, 5.41) is 4.45. The Kier molecular flexibility index (Phi) is 3.75. The minimum atomic E-state index is 0.410. The number of hydrogen-bond donors (Lipinski definition) is 0. The van der Waals surface area contributed by atoms with Crippen molar-refractivity contribution in [2.75, 3.05) is 11.4 Å². The summed E-state index contributed by atoms with van der Waals surface area (Å²) >= 11 is 0. The summed E-state index contributed by atoms with van der Waals surface area (Å²) in [7, 11) is 0. The lowest BCUT2D eigenvalue weighted by atomic mass is 9.96. The Bertz CT molecular complexity index is 625. The number of anilines is 1. The molecule has 1 aromatic carbocycles. The zero-order valence-electron chi connectivity index (χ0n) is 13.5. The van der Waals surface area contributed by atoms with Crippen molar-refractivity contribution in [3.8, 4) is 11.1 Å². The van der Waals surface area contributed by atoms with Gasteiger partial charge in [-0.1, -0.05) is 6.07 Å². The number of nitrogens with zero attached hydrogens (tertiary/aromatic N) is 3. The molecule has 0 saturated heterocycles. The molecule has 3 heteroatoms. The fourth-order valence-electron chi connectivity index (χ4n) is 3.11. The van der Waals surface area contributed by atoms with Gasteiger partial charge in [0.25, 0.3) is 0 Å². The monoisotopic (exact) mass is 283 g/mol. The van der Waals surface area contributed by atoms with E-state index in [1.807, 2.05) is 10.9 Å². The van der Waals surface area contributed by atoms with E-state index in [1.165, 1.54) is 41.8 Å². The van der Waals surface area contributed by atoms with E-state index in [4.69, 9.17) is 0 Å². The van der Waals surface area contributed by atoms with E-state index < -0.39 is 0 Å². The second-order valence-electron chi connectivity index (χ2n) is 6.54. The van der Waals surface area contributed by atoms with E-state index in [0.29, 0.717) is 12.1 Å². The van der Waals surface area contributed by atoms with Crippen LogP contribution in [0.25, 0.3) is 11.1 Å². The molecule has 0 spiro atoms. The van der Waals surface area contributed by atoms with E-state index >= 15 is 0 Å². The van der Waals surface area contributed by atoms with Crippen LogP contribution in [0, 0.1) is 0 Å². The van der Waals surface area contributed by atoms with Gasteiger partial charge in [-0.25, -0.2) is 0 Å². The molecule has 0 atom stereocenters. The predicted octanol–water partition coefficient (Wildman–Crippen LogP) is 4.29. The number of hydrogen-bond acceptors (Lipinski definition) is 2. The van der Waals surface area contributed by atoms with Gasteiger partial charge in [-0.15, -0.1) is 0 Å². The molecule has 2 aromatic rings. The van der Waals surface area contributed by atoms with Gasteiger partial charge >= 0.3 is 0 Å². The maximum atomic E-state index is 4.45. The molecule has 112 valence electrons. The highest BCUT2D eigenvalue weighted by molar-refractivity contribution is 5.69. The van der Waals surface area contributed by atoms with Crippen molar-refractivity contribution in [2.24, 2.45) is 0 Å². The fraction of sp³-hybridized carbons (Fsp3) is 0.500. The number of rotatable bonds is 3. The van der Waals surface area contributed by atoms with Crippen LogP contribution in [0.4, 0.5) is 5.69 Å². The normalized spacial score (nSPS) is 14.9. The fourth-order valence-corrected chi connectivity index (χ4v) is 3.11. The summed E-state index contributed by atoms with van der Waals surface area (Å²) in [5.74, 6) is 0. The van der Waals surface area contributed by atoms with Crippen LogP contribution in [0.5, 0.6) is 0 Å². The molecular weight excluding hydrogens is 258 g/mol. The molecule has 0 unspecified atom stereocenters. The predicted molar refractivity (Wildman–Crippen MR) is 88.9 cm³/mol. The molecule has 0 amide bonds. The van der Waals surface area contributed by atoms with Gasteiger partial charge in [0.05, 0.1) is 6.20 Å². The van der Waals surface area contributed by atoms with Crippen molar-refractivity contribution in [3.05, 3.63) is 36.2 Å². The van der Waals surface area contributed by atoms with Crippen LogP contribution >= 0.6 is 0 Å². The molecule has 21 heavy (non-hydrogen) atoms. The highest BCUT2D eigenvalue weighted by Gasteiger charge is 2.19. The number of aromatic nitrogens is 2. The van der Waals surface area contributed by atoms with Crippen LogP contribution in [0.3, 0.4) is 0 Å². The first-order chi connectivity index (χ1) is 10.1. The van der Waals surface area contributed by atoms with E-state index in [9.17, 15) is 0 Å². The lowest BCUT2D eigenvalue weighted by Crippen LogP contribution is -2.35. The number of benzene rings is 1. The van der Waals surface area contributed by atoms with Gasteiger partial charge in [0.15, 0.2) is 0 Å². The molecule has 3 nitrogen and oxygen atoms in total. The molecule has 1 aliphatic rings. The molecular formula is C18H25N3. The molecule has 0 saturated carbocycles. The molecule has 0 radical (unpaired) electrons. The van der Waals surface area contributed by atoms with Gasteiger partial charge in [0.2, 0.25) is 0 Å². The molecule has 3 rings (SSSR count). The molecule has 1 aliphatic heterocycles. The number of fused-ring (bicyclic) bond motifs is 1. The maximum Gasteiger partial charge on any atom is 0.0568 e. The summed E-state index contributed by atoms with van der Waals surface area (Å²) in [6.45, 7) is 10.0. The Labute approximate surface area is 127 Å². The standard InChI is InChI=1S/C18H25N3/c1-13(2)20-9-5-6-16-10-15(7-8-18(16)20)17-11-19-21(12-17)14(3)4/h7-8,10-14H,5-6,9H2,1-4H3. The summed E-state index contributed by atoms with van der Waals surface area (Å²) in [6.07, 6.45) is 6.56. The van der Waals surface area contributed by atoms with Gasteiger partial charge in [-0.2, -0.15) is 5.10 Å². The van der Waals surface area contributed by atoms with E-state index in [2.05, 4.69) is 62.1 Å². The Morgan fingerprint density at radius 1 is 1.05 bits per heavy atom. The van der Waals surface area contributed by atoms with Crippen molar-refractivity contribution in [3.63, 3.8) is 0 Å². The summed E-state index contributed by atoms with van der Waals surface area (Å²) < 4.78 is 2.02. The summed E-state index contributed by atoms with van der Waals surface area (Å²) in [5.41, 5.74) is 5.39. The minimum Gasteiger partial charge on any atom is -0.369 e. The second kappa shape index (κ2) is 5.55. The van der Waals surface area contributed by atoms with Crippen molar-refractivity contribution >= 4 is 5.69 Å². The lowest BCUT2D eigenvalue weighted by molar-refractivity contribution is 0.532. The first-order valence-corrected chi connectivity index (χ1v) is 8.00.